The Morgan fingerprint density at radius 3 is 2.54 bits per heavy atom. The Balaban J connectivity index is 3.44. The second-order valence-electron chi connectivity index (χ2n) is 2.80. The van der Waals surface area contributed by atoms with Crippen molar-refractivity contribution in [2.75, 3.05) is 13.6 Å². The highest BCUT2D eigenvalue weighted by Crippen LogP contribution is 1.95. The summed E-state index contributed by atoms with van der Waals surface area (Å²) >= 11 is 0. The highest BCUT2D eigenvalue weighted by atomic mass is 16.4. The number of likely N-dealkylation sites (N-methyl/N-ethyl adjacent to an activating group) is 1. The number of hydrogen-bond donors (Lipinski definition) is 5. The van der Waals surface area contributed by atoms with Gasteiger partial charge in [-0.1, -0.05) is 0 Å². The molecule has 0 bridgehead atoms. The van der Waals surface area contributed by atoms with Gasteiger partial charge in [0.2, 0.25) is 0 Å². The van der Waals surface area contributed by atoms with Gasteiger partial charge >= 0.3 is 5.97 Å². The van der Waals surface area contributed by atoms with Gasteiger partial charge in [0.15, 0.2) is 0 Å². The van der Waals surface area contributed by atoms with Crippen LogP contribution in [-0.2, 0) is 4.79 Å². The molecule has 0 aliphatic rings. The van der Waals surface area contributed by atoms with Crippen molar-refractivity contribution in [2.24, 2.45) is 11.5 Å². The van der Waals surface area contributed by atoms with E-state index in [1.165, 1.54) is 0 Å². The van der Waals surface area contributed by atoms with Gasteiger partial charge < -0.3 is 21.9 Å². The summed E-state index contributed by atoms with van der Waals surface area (Å²) < 4.78 is 0. The molecule has 6 heteroatoms. The van der Waals surface area contributed by atoms with E-state index in [0.717, 1.165) is 6.42 Å². The van der Waals surface area contributed by atoms with Crippen molar-refractivity contribution in [1.29, 1.82) is 0 Å². The summed E-state index contributed by atoms with van der Waals surface area (Å²) in [5, 5.41) is 14.1. The Bertz CT molecular complexity index is 151. The van der Waals surface area contributed by atoms with Gasteiger partial charge in [0.05, 0.1) is 0 Å². The van der Waals surface area contributed by atoms with E-state index in [1.807, 2.05) is 0 Å². The molecule has 0 rings (SSSR count). The maximum atomic E-state index is 10.5. The van der Waals surface area contributed by atoms with Crippen LogP contribution in [0.2, 0.25) is 0 Å². The zero-order chi connectivity index (χ0) is 10.3. The first-order chi connectivity index (χ1) is 6.07. The van der Waals surface area contributed by atoms with Crippen LogP contribution in [-0.4, -0.2) is 37.0 Å². The van der Waals surface area contributed by atoms with E-state index < -0.39 is 18.3 Å². The Morgan fingerprint density at radius 2 is 2.15 bits per heavy atom. The SMILES string of the molecule is CNC(CCCNC(N)N)C(=O)O. The number of hydrogen-bond acceptors (Lipinski definition) is 5. The third kappa shape index (κ3) is 6.47. The Kier molecular flexibility index (Phi) is 6.43. The molecule has 0 aromatic heterocycles. The summed E-state index contributed by atoms with van der Waals surface area (Å²) in [6, 6.07) is -0.490. The van der Waals surface area contributed by atoms with Crippen LogP contribution in [0, 0.1) is 0 Å². The van der Waals surface area contributed by atoms with Gasteiger partial charge in [0.1, 0.15) is 12.3 Å². The summed E-state index contributed by atoms with van der Waals surface area (Å²) in [5.41, 5.74) is 10.5. The topological polar surface area (TPSA) is 113 Å². The molecule has 0 amide bonds. The predicted octanol–water partition coefficient (Wildman–Crippen LogP) is -1.77. The lowest BCUT2D eigenvalue weighted by Crippen LogP contribution is -2.45. The van der Waals surface area contributed by atoms with Crippen molar-refractivity contribution in [3.05, 3.63) is 0 Å². The normalized spacial score (nSPS) is 13.2. The molecule has 6 nitrogen and oxygen atoms in total. The molecule has 0 aliphatic carbocycles. The minimum atomic E-state index is -0.834. The van der Waals surface area contributed by atoms with E-state index in [4.69, 9.17) is 16.6 Å². The highest BCUT2D eigenvalue weighted by molar-refractivity contribution is 5.73. The highest BCUT2D eigenvalue weighted by Gasteiger charge is 2.13. The number of carboxylic acids is 1. The lowest BCUT2D eigenvalue weighted by atomic mass is 10.1. The van der Waals surface area contributed by atoms with Crippen LogP contribution < -0.4 is 22.1 Å². The first-order valence-corrected chi connectivity index (χ1v) is 4.22. The summed E-state index contributed by atoms with van der Waals surface area (Å²) in [4.78, 5) is 10.5. The van der Waals surface area contributed by atoms with Crippen molar-refractivity contribution >= 4 is 5.97 Å². The van der Waals surface area contributed by atoms with Crippen LogP contribution in [0.25, 0.3) is 0 Å². The number of nitrogens with one attached hydrogen (secondary N) is 2. The smallest absolute Gasteiger partial charge is 0.320 e. The van der Waals surface area contributed by atoms with Crippen molar-refractivity contribution in [2.45, 2.75) is 25.2 Å². The molecule has 0 spiro atoms. The number of carbonyl (C=O) groups is 1. The van der Waals surface area contributed by atoms with Crippen LogP contribution in [0.1, 0.15) is 12.8 Å². The van der Waals surface area contributed by atoms with E-state index >= 15 is 0 Å². The van der Waals surface area contributed by atoms with Crippen molar-refractivity contribution < 1.29 is 9.90 Å². The van der Waals surface area contributed by atoms with Gasteiger partial charge in [-0.25, -0.2) is 0 Å². The standard InChI is InChI=1S/C7H18N4O2/c1-10-5(6(12)13)3-2-4-11-7(8)9/h5,7,10-11H,2-4,8-9H2,1H3,(H,12,13). The van der Waals surface area contributed by atoms with Crippen molar-refractivity contribution in [3.63, 3.8) is 0 Å². The Hall–Kier alpha value is -0.690. The second-order valence-corrected chi connectivity index (χ2v) is 2.80. The molecular formula is C7H18N4O2. The van der Waals surface area contributed by atoms with Gasteiger partial charge in [-0.2, -0.15) is 0 Å². The summed E-state index contributed by atoms with van der Waals surface area (Å²) in [5.74, 6) is -0.834. The molecule has 78 valence electrons. The van der Waals surface area contributed by atoms with Crippen LogP contribution in [0.3, 0.4) is 0 Å². The maximum absolute atomic E-state index is 10.5. The molecule has 0 aromatic carbocycles. The zero-order valence-corrected chi connectivity index (χ0v) is 7.79. The largest absolute Gasteiger partial charge is 0.480 e. The van der Waals surface area contributed by atoms with Gasteiger partial charge in [-0.15, -0.1) is 0 Å². The average molecular weight is 190 g/mol. The molecule has 13 heavy (non-hydrogen) atoms. The first-order valence-electron chi connectivity index (χ1n) is 4.22. The zero-order valence-electron chi connectivity index (χ0n) is 7.79. The van der Waals surface area contributed by atoms with Crippen LogP contribution in [0.15, 0.2) is 0 Å². The van der Waals surface area contributed by atoms with Crippen molar-refractivity contribution in [1.82, 2.24) is 10.6 Å². The first kappa shape index (κ1) is 12.3. The molecular weight excluding hydrogens is 172 g/mol. The molecule has 0 radical (unpaired) electrons. The van der Waals surface area contributed by atoms with Gasteiger partial charge in [0.25, 0.3) is 0 Å². The summed E-state index contributed by atoms with van der Waals surface area (Å²) in [7, 11) is 1.63. The molecule has 0 fully saturated rings. The number of nitrogens with two attached hydrogens (primary N) is 2. The number of aliphatic carboxylic acids is 1. The molecule has 1 atom stereocenters. The molecule has 0 aliphatic heterocycles. The third-order valence-corrected chi connectivity index (χ3v) is 1.70. The number of carboxylic acid groups (broad SMARTS) is 1. The van der Waals surface area contributed by atoms with Gasteiger partial charge in [-0.05, 0) is 26.4 Å². The molecule has 0 saturated carbocycles. The minimum Gasteiger partial charge on any atom is -0.480 e. The van der Waals surface area contributed by atoms with Crippen LogP contribution in [0.4, 0.5) is 0 Å². The lowest BCUT2D eigenvalue weighted by molar-refractivity contribution is -0.139. The monoisotopic (exact) mass is 190 g/mol. The minimum absolute atomic E-state index is 0.490. The van der Waals surface area contributed by atoms with E-state index in [2.05, 4.69) is 10.6 Å². The molecule has 0 heterocycles. The maximum Gasteiger partial charge on any atom is 0.320 e. The van der Waals surface area contributed by atoms with Gasteiger partial charge in [-0.3, -0.25) is 10.1 Å². The fraction of sp³-hybridized carbons (Fsp3) is 0.857. The second kappa shape index (κ2) is 6.79. The fourth-order valence-electron chi connectivity index (χ4n) is 0.966. The predicted molar refractivity (Wildman–Crippen MR) is 49.9 cm³/mol. The summed E-state index contributed by atoms with van der Waals surface area (Å²) in [6.45, 7) is 0.628. The van der Waals surface area contributed by atoms with Crippen LogP contribution >= 0.6 is 0 Å². The summed E-state index contributed by atoms with van der Waals surface area (Å²) in [6.07, 6.45) is 0.756. The quantitative estimate of drug-likeness (QED) is 0.240. The molecule has 0 saturated heterocycles. The fourth-order valence-corrected chi connectivity index (χ4v) is 0.966. The molecule has 1 unspecified atom stereocenters. The Labute approximate surface area is 77.7 Å². The molecule has 0 aromatic rings. The van der Waals surface area contributed by atoms with E-state index in [9.17, 15) is 4.79 Å². The van der Waals surface area contributed by atoms with Gasteiger partial charge in [0, 0.05) is 0 Å². The lowest BCUT2D eigenvalue weighted by Gasteiger charge is -2.12. The van der Waals surface area contributed by atoms with Crippen molar-refractivity contribution in [3.8, 4) is 0 Å². The van der Waals surface area contributed by atoms with E-state index in [1.54, 1.807) is 7.05 Å². The molecule has 7 N–H and O–H groups in total. The average Bonchev–Trinajstić information content (AvgIpc) is 2.03. The van der Waals surface area contributed by atoms with E-state index in [0.29, 0.717) is 13.0 Å². The van der Waals surface area contributed by atoms with Crippen LogP contribution in [0.5, 0.6) is 0 Å². The third-order valence-electron chi connectivity index (χ3n) is 1.70. The van der Waals surface area contributed by atoms with E-state index in [-0.39, 0.29) is 0 Å². The number of rotatable bonds is 7. The Morgan fingerprint density at radius 1 is 1.54 bits per heavy atom.